The van der Waals surface area contributed by atoms with Gasteiger partial charge in [-0.25, -0.2) is 4.39 Å². The Morgan fingerprint density at radius 1 is 1.67 bits per heavy atom. The van der Waals surface area contributed by atoms with Crippen molar-refractivity contribution in [3.05, 3.63) is 34.1 Å². The van der Waals surface area contributed by atoms with Crippen LogP contribution in [0.3, 0.4) is 0 Å². The highest BCUT2D eigenvalue weighted by molar-refractivity contribution is 9.10. The lowest BCUT2D eigenvalue weighted by Crippen LogP contribution is -2.09. The van der Waals surface area contributed by atoms with Gasteiger partial charge in [0.15, 0.2) is 0 Å². The van der Waals surface area contributed by atoms with Crippen LogP contribution in [-0.2, 0) is 9.53 Å². The molecule has 0 unspecified atom stereocenters. The topological polar surface area (TPSA) is 46.5 Å². The number of aliphatic hydroxyl groups excluding tert-OH is 1. The average Bonchev–Trinajstić information content (AvgIpc) is 2.21. The molecule has 0 aliphatic carbocycles. The van der Waals surface area contributed by atoms with Gasteiger partial charge in [-0.3, -0.25) is 4.79 Å². The van der Waals surface area contributed by atoms with E-state index in [9.17, 15) is 14.3 Å². The molecule has 3 nitrogen and oxygen atoms in total. The Kier molecular flexibility index (Phi) is 4.23. The number of carbonyl (C=O) groups is 1. The molecule has 0 radical (unpaired) electrons. The number of esters is 1. The molecule has 0 spiro atoms. The molecule has 1 N–H and O–H groups in total. The highest BCUT2D eigenvalue weighted by Gasteiger charge is 2.18. The van der Waals surface area contributed by atoms with Crippen LogP contribution < -0.4 is 0 Å². The van der Waals surface area contributed by atoms with Crippen molar-refractivity contribution < 1.29 is 19.0 Å². The molecule has 15 heavy (non-hydrogen) atoms. The number of carbonyl (C=O) groups excluding carboxylic acids is 1. The smallest absolute Gasteiger partial charge is 0.308 e. The highest BCUT2D eigenvalue weighted by atomic mass is 79.9. The third-order valence-corrected chi connectivity index (χ3v) is 2.54. The van der Waals surface area contributed by atoms with E-state index in [1.807, 2.05) is 0 Å². The number of hydrogen-bond donors (Lipinski definition) is 1. The van der Waals surface area contributed by atoms with Gasteiger partial charge >= 0.3 is 5.97 Å². The number of ether oxygens (including phenoxy) is 1. The van der Waals surface area contributed by atoms with E-state index in [1.54, 1.807) is 6.07 Å². The van der Waals surface area contributed by atoms with Gasteiger partial charge in [0.25, 0.3) is 0 Å². The summed E-state index contributed by atoms with van der Waals surface area (Å²) in [6.07, 6.45) is -1.45. The normalized spacial score (nSPS) is 12.3. The molecule has 0 heterocycles. The summed E-state index contributed by atoms with van der Waals surface area (Å²) in [6, 6.07) is 4.53. The van der Waals surface area contributed by atoms with Crippen LogP contribution in [0.4, 0.5) is 4.39 Å². The van der Waals surface area contributed by atoms with Gasteiger partial charge in [-0.15, -0.1) is 0 Å². The summed E-state index contributed by atoms with van der Waals surface area (Å²) in [4.78, 5) is 10.9. The first-order valence-electron chi connectivity index (χ1n) is 4.25. The minimum absolute atomic E-state index is 0.0785. The first-order valence-corrected chi connectivity index (χ1v) is 5.04. The van der Waals surface area contributed by atoms with Crippen molar-refractivity contribution in [2.75, 3.05) is 7.11 Å². The minimum atomic E-state index is -1.19. The Bertz CT molecular complexity index is 368. The molecule has 1 aromatic carbocycles. The van der Waals surface area contributed by atoms with Gasteiger partial charge in [-0.1, -0.05) is 12.1 Å². The van der Waals surface area contributed by atoms with Gasteiger partial charge in [0.05, 0.1) is 24.1 Å². The molecule has 1 rings (SSSR count). The average molecular weight is 277 g/mol. The Labute approximate surface area is 95.0 Å². The highest BCUT2D eigenvalue weighted by Crippen LogP contribution is 2.25. The zero-order valence-electron chi connectivity index (χ0n) is 8.04. The molecule has 0 fully saturated rings. The van der Waals surface area contributed by atoms with Crippen molar-refractivity contribution in [1.82, 2.24) is 0 Å². The summed E-state index contributed by atoms with van der Waals surface area (Å²) in [6.45, 7) is 0. The molecule has 0 aliphatic rings. The van der Waals surface area contributed by atoms with Gasteiger partial charge in [0.1, 0.15) is 5.82 Å². The summed E-state index contributed by atoms with van der Waals surface area (Å²) < 4.78 is 18.1. The van der Waals surface area contributed by atoms with Crippen molar-refractivity contribution >= 4 is 21.9 Å². The van der Waals surface area contributed by atoms with E-state index >= 15 is 0 Å². The van der Waals surface area contributed by atoms with E-state index < -0.39 is 17.9 Å². The quantitative estimate of drug-likeness (QED) is 0.861. The number of halogens is 2. The maximum absolute atomic E-state index is 13.4. The minimum Gasteiger partial charge on any atom is -0.469 e. The van der Waals surface area contributed by atoms with E-state index in [4.69, 9.17) is 0 Å². The second-order valence-electron chi connectivity index (χ2n) is 2.94. The lowest BCUT2D eigenvalue weighted by Gasteiger charge is -2.11. The third-order valence-electron chi connectivity index (χ3n) is 1.93. The number of hydrogen-bond acceptors (Lipinski definition) is 3. The zero-order chi connectivity index (χ0) is 11.4. The molecule has 1 aromatic rings. The lowest BCUT2D eigenvalue weighted by molar-refractivity contribution is -0.142. The van der Waals surface area contributed by atoms with Crippen LogP contribution in [0.15, 0.2) is 22.7 Å². The summed E-state index contributed by atoms with van der Waals surface area (Å²) >= 11 is 3.00. The Hall–Kier alpha value is -0.940. The van der Waals surface area contributed by atoms with Gasteiger partial charge in [-0.2, -0.15) is 0 Å². The molecule has 0 aliphatic heterocycles. The van der Waals surface area contributed by atoms with E-state index in [-0.39, 0.29) is 16.5 Å². The molecule has 0 aromatic heterocycles. The predicted octanol–water partition coefficient (Wildman–Crippen LogP) is 2.18. The fraction of sp³-hybridized carbons (Fsp3) is 0.300. The summed E-state index contributed by atoms with van der Waals surface area (Å²) in [5.41, 5.74) is 0.0785. The maximum atomic E-state index is 13.4. The maximum Gasteiger partial charge on any atom is 0.308 e. The van der Waals surface area contributed by atoms with E-state index in [1.165, 1.54) is 19.2 Å². The standard InChI is InChI=1S/C10H10BrFO3/c1-15-9(14)5-8(13)6-3-2-4-7(11)10(6)12/h2-4,8,13H,5H2,1H3/t8-/m1/s1. The lowest BCUT2D eigenvalue weighted by atomic mass is 10.1. The van der Waals surface area contributed by atoms with E-state index in [0.29, 0.717) is 0 Å². The Morgan fingerprint density at radius 2 is 2.33 bits per heavy atom. The zero-order valence-corrected chi connectivity index (χ0v) is 9.62. The monoisotopic (exact) mass is 276 g/mol. The number of benzene rings is 1. The second kappa shape index (κ2) is 5.23. The molecule has 0 saturated carbocycles. The summed E-state index contributed by atoms with van der Waals surface area (Å²) in [5, 5.41) is 9.57. The van der Waals surface area contributed by atoms with Gasteiger partial charge in [0.2, 0.25) is 0 Å². The third kappa shape index (κ3) is 3.00. The molecule has 5 heteroatoms. The molecule has 0 saturated heterocycles. The van der Waals surface area contributed by atoms with Gasteiger partial charge < -0.3 is 9.84 Å². The largest absolute Gasteiger partial charge is 0.469 e. The van der Waals surface area contributed by atoms with Crippen LogP contribution in [0.2, 0.25) is 0 Å². The molecule has 1 atom stereocenters. The van der Waals surface area contributed by atoms with Gasteiger partial charge in [-0.05, 0) is 22.0 Å². The fourth-order valence-corrected chi connectivity index (χ4v) is 1.51. The number of rotatable bonds is 3. The first-order chi connectivity index (χ1) is 7.06. The Morgan fingerprint density at radius 3 is 2.93 bits per heavy atom. The van der Waals surface area contributed by atoms with Crippen LogP contribution in [-0.4, -0.2) is 18.2 Å². The first kappa shape index (κ1) is 12.1. The summed E-state index contributed by atoms with van der Waals surface area (Å²) in [7, 11) is 1.21. The number of aliphatic hydroxyl groups is 1. The van der Waals surface area contributed by atoms with Crippen LogP contribution >= 0.6 is 15.9 Å². The second-order valence-corrected chi connectivity index (χ2v) is 3.79. The predicted molar refractivity (Wildman–Crippen MR) is 55.7 cm³/mol. The van der Waals surface area contributed by atoms with Crippen molar-refractivity contribution in [3.8, 4) is 0 Å². The van der Waals surface area contributed by atoms with Crippen molar-refractivity contribution in [1.29, 1.82) is 0 Å². The molecular formula is C10H10BrFO3. The van der Waals surface area contributed by atoms with E-state index in [2.05, 4.69) is 20.7 Å². The van der Waals surface area contributed by atoms with Gasteiger partial charge in [0, 0.05) is 5.56 Å². The van der Waals surface area contributed by atoms with Crippen LogP contribution in [0, 0.1) is 5.82 Å². The Balaban J connectivity index is 2.86. The molecular weight excluding hydrogens is 267 g/mol. The molecule has 82 valence electrons. The van der Waals surface area contributed by atoms with Crippen molar-refractivity contribution in [3.63, 3.8) is 0 Å². The van der Waals surface area contributed by atoms with E-state index in [0.717, 1.165) is 0 Å². The SMILES string of the molecule is COC(=O)C[C@@H](O)c1cccc(Br)c1F. The van der Waals surface area contributed by atoms with Crippen LogP contribution in [0.1, 0.15) is 18.1 Å². The fourth-order valence-electron chi connectivity index (χ4n) is 1.13. The molecule has 0 bridgehead atoms. The van der Waals surface area contributed by atoms with Crippen molar-refractivity contribution in [2.45, 2.75) is 12.5 Å². The van der Waals surface area contributed by atoms with Crippen LogP contribution in [0.5, 0.6) is 0 Å². The number of methoxy groups -OCH3 is 1. The molecule has 0 amide bonds. The van der Waals surface area contributed by atoms with Crippen molar-refractivity contribution in [2.24, 2.45) is 0 Å². The van der Waals surface area contributed by atoms with Crippen LogP contribution in [0.25, 0.3) is 0 Å². The summed E-state index contributed by atoms with van der Waals surface area (Å²) in [5.74, 6) is -1.14.